The molecule has 1 aromatic heterocycles. The highest BCUT2D eigenvalue weighted by molar-refractivity contribution is 5.46. The Balaban J connectivity index is 1.88. The molecule has 0 aliphatic rings. The highest BCUT2D eigenvalue weighted by atomic mass is 19.4. The largest absolute Gasteiger partial charge is 0.491 e. The lowest BCUT2D eigenvalue weighted by atomic mass is 10.2. The van der Waals surface area contributed by atoms with Gasteiger partial charge in [0, 0.05) is 18.9 Å². The Morgan fingerprint density at radius 3 is 2.75 bits per heavy atom. The van der Waals surface area contributed by atoms with Gasteiger partial charge in [0.25, 0.3) is 0 Å². The lowest BCUT2D eigenvalue weighted by molar-refractivity contribution is -0.137. The molecule has 1 heterocycles. The predicted molar refractivity (Wildman–Crippen MR) is 78.2 cm³/mol. The van der Waals surface area contributed by atoms with Crippen molar-refractivity contribution in [2.45, 2.75) is 12.3 Å². The highest BCUT2D eigenvalue weighted by Gasteiger charge is 2.30. The molecule has 0 bridgehead atoms. The van der Waals surface area contributed by atoms with Crippen LogP contribution in [0.2, 0.25) is 0 Å². The second-order valence-electron chi connectivity index (χ2n) is 4.74. The minimum absolute atomic E-state index is 0.00101. The smallest absolute Gasteiger partial charge is 0.416 e. The molecule has 2 rings (SSSR count). The average molecular weight is 338 g/mol. The SMILES string of the molecule is N#Cc1nccnc1NC[C@H](O)COc1cccc(C(F)(F)F)c1. The molecule has 126 valence electrons. The number of hydrogen-bond donors (Lipinski definition) is 2. The zero-order valence-electron chi connectivity index (χ0n) is 12.3. The fourth-order valence-corrected chi connectivity index (χ4v) is 1.78. The maximum absolute atomic E-state index is 12.6. The van der Waals surface area contributed by atoms with Gasteiger partial charge >= 0.3 is 6.18 Å². The number of aliphatic hydroxyl groups excluding tert-OH is 1. The molecular weight excluding hydrogens is 325 g/mol. The number of hydrogen-bond acceptors (Lipinski definition) is 6. The second-order valence-corrected chi connectivity index (χ2v) is 4.74. The van der Waals surface area contributed by atoms with Gasteiger partial charge in [-0.05, 0) is 18.2 Å². The third-order valence-corrected chi connectivity index (χ3v) is 2.91. The number of nitrogens with one attached hydrogen (secondary N) is 1. The van der Waals surface area contributed by atoms with Gasteiger partial charge in [-0.1, -0.05) is 6.07 Å². The number of halogens is 3. The van der Waals surface area contributed by atoms with Crippen molar-refractivity contribution in [3.05, 3.63) is 47.9 Å². The zero-order chi connectivity index (χ0) is 17.6. The summed E-state index contributed by atoms with van der Waals surface area (Å²) in [5, 5.41) is 21.4. The molecule has 1 aromatic carbocycles. The van der Waals surface area contributed by atoms with Crippen LogP contribution in [0.4, 0.5) is 19.0 Å². The van der Waals surface area contributed by atoms with Gasteiger partial charge < -0.3 is 15.2 Å². The van der Waals surface area contributed by atoms with Crippen molar-refractivity contribution in [2.75, 3.05) is 18.5 Å². The Labute approximate surface area is 135 Å². The van der Waals surface area contributed by atoms with Crippen molar-refractivity contribution >= 4 is 5.82 Å². The van der Waals surface area contributed by atoms with Gasteiger partial charge in [-0.3, -0.25) is 0 Å². The first kappa shape index (κ1) is 17.5. The summed E-state index contributed by atoms with van der Waals surface area (Å²) in [5.41, 5.74) is -0.755. The van der Waals surface area contributed by atoms with Crippen LogP contribution in [0.15, 0.2) is 36.7 Å². The van der Waals surface area contributed by atoms with E-state index in [-0.39, 0.29) is 30.4 Å². The van der Waals surface area contributed by atoms with Gasteiger partial charge in [0.2, 0.25) is 0 Å². The molecule has 0 radical (unpaired) electrons. The van der Waals surface area contributed by atoms with Crippen LogP contribution in [0.25, 0.3) is 0 Å². The van der Waals surface area contributed by atoms with Crippen molar-refractivity contribution in [2.24, 2.45) is 0 Å². The van der Waals surface area contributed by atoms with Crippen LogP contribution in [0.3, 0.4) is 0 Å². The third kappa shape index (κ3) is 4.82. The van der Waals surface area contributed by atoms with E-state index in [1.807, 2.05) is 6.07 Å². The summed E-state index contributed by atoms with van der Waals surface area (Å²) in [5.74, 6) is 0.208. The van der Waals surface area contributed by atoms with Crippen molar-refractivity contribution < 1.29 is 23.0 Å². The van der Waals surface area contributed by atoms with Crippen LogP contribution in [-0.4, -0.2) is 34.3 Å². The minimum atomic E-state index is -4.46. The Hall–Kier alpha value is -2.86. The number of alkyl halides is 3. The average Bonchev–Trinajstić information content (AvgIpc) is 2.58. The van der Waals surface area contributed by atoms with Gasteiger partial charge in [0.1, 0.15) is 24.5 Å². The quantitative estimate of drug-likeness (QED) is 0.839. The van der Waals surface area contributed by atoms with Gasteiger partial charge in [0.05, 0.1) is 5.56 Å². The van der Waals surface area contributed by atoms with Crippen LogP contribution in [0.5, 0.6) is 5.75 Å². The number of ether oxygens (including phenoxy) is 1. The maximum atomic E-state index is 12.6. The summed E-state index contributed by atoms with van der Waals surface area (Å²) in [6, 6.07) is 6.22. The van der Waals surface area contributed by atoms with E-state index >= 15 is 0 Å². The van der Waals surface area contributed by atoms with Crippen molar-refractivity contribution in [1.29, 1.82) is 5.26 Å². The van der Waals surface area contributed by atoms with Crippen LogP contribution >= 0.6 is 0 Å². The number of aliphatic hydroxyl groups is 1. The van der Waals surface area contributed by atoms with E-state index < -0.39 is 17.8 Å². The standard InChI is InChI=1S/C15H13F3N4O2/c16-15(17,18)10-2-1-3-12(6-10)24-9-11(23)8-22-14-13(7-19)20-4-5-21-14/h1-6,11,23H,8-9H2,(H,21,22)/t11-/m0/s1. The molecule has 24 heavy (non-hydrogen) atoms. The molecule has 0 aliphatic carbocycles. The topological polar surface area (TPSA) is 91.1 Å². The fourth-order valence-electron chi connectivity index (χ4n) is 1.78. The van der Waals surface area contributed by atoms with Crippen LogP contribution in [0.1, 0.15) is 11.3 Å². The van der Waals surface area contributed by atoms with Crippen molar-refractivity contribution in [1.82, 2.24) is 9.97 Å². The number of rotatable bonds is 6. The van der Waals surface area contributed by atoms with Crippen LogP contribution in [0, 0.1) is 11.3 Å². The van der Waals surface area contributed by atoms with Gasteiger partial charge in [-0.15, -0.1) is 0 Å². The molecule has 9 heteroatoms. The summed E-state index contributed by atoms with van der Waals surface area (Å²) in [7, 11) is 0. The summed E-state index contributed by atoms with van der Waals surface area (Å²) >= 11 is 0. The van der Waals surface area contributed by atoms with Gasteiger partial charge in [-0.2, -0.15) is 18.4 Å². The van der Waals surface area contributed by atoms with E-state index in [0.29, 0.717) is 0 Å². The second kappa shape index (κ2) is 7.61. The molecule has 0 saturated carbocycles. The zero-order valence-corrected chi connectivity index (χ0v) is 12.3. The van der Waals surface area contributed by atoms with Crippen LogP contribution < -0.4 is 10.1 Å². The summed E-state index contributed by atoms with van der Waals surface area (Å²) < 4.78 is 42.9. The normalized spacial score (nSPS) is 12.3. The predicted octanol–water partition coefficient (Wildman–Crippen LogP) is 2.22. The Morgan fingerprint density at radius 1 is 1.29 bits per heavy atom. The van der Waals surface area contributed by atoms with E-state index in [4.69, 9.17) is 10.00 Å². The molecule has 0 saturated heterocycles. The molecule has 6 nitrogen and oxygen atoms in total. The number of nitrogens with zero attached hydrogens (tertiary/aromatic N) is 3. The van der Waals surface area contributed by atoms with E-state index in [1.165, 1.54) is 24.5 Å². The van der Waals surface area contributed by atoms with Crippen LogP contribution in [-0.2, 0) is 6.18 Å². The van der Waals surface area contributed by atoms with Gasteiger partial charge in [0.15, 0.2) is 11.5 Å². The fraction of sp³-hybridized carbons (Fsp3) is 0.267. The Kier molecular flexibility index (Phi) is 5.55. The van der Waals surface area contributed by atoms with Crippen molar-refractivity contribution in [3.63, 3.8) is 0 Å². The molecule has 0 spiro atoms. The molecule has 1 atom stereocenters. The molecular formula is C15H13F3N4O2. The first-order valence-electron chi connectivity index (χ1n) is 6.83. The van der Waals surface area contributed by atoms with Gasteiger partial charge in [-0.25, -0.2) is 9.97 Å². The number of aromatic nitrogens is 2. The number of nitriles is 1. The highest BCUT2D eigenvalue weighted by Crippen LogP contribution is 2.31. The van der Waals surface area contributed by atoms with E-state index in [2.05, 4.69) is 15.3 Å². The lowest BCUT2D eigenvalue weighted by Gasteiger charge is -2.15. The number of benzene rings is 1. The molecule has 0 unspecified atom stereocenters. The first-order valence-corrected chi connectivity index (χ1v) is 6.83. The summed E-state index contributed by atoms with van der Waals surface area (Å²) in [6.07, 6.45) is -2.74. The molecule has 2 N–H and O–H groups in total. The van der Waals surface area contributed by atoms with Crippen molar-refractivity contribution in [3.8, 4) is 11.8 Å². The maximum Gasteiger partial charge on any atom is 0.416 e. The minimum Gasteiger partial charge on any atom is -0.491 e. The lowest BCUT2D eigenvalue weighted by Crippen LogP contribution is -2.27. The Morgan fingerprint density at radius 2 is 2.04 bits per heavy atom. The summed E-state index contributed by atoms with van der Waals surface area (Å²) in [6.45, 7) is -0.233. The monoisotopic (exact) mass is 338 g/mol. The molecule has 2 aromatic rings. The molecule has 0 amide bonds. The van der Waals surface area contributed by atoms with E-state index in [0.717, 1.165) is 12.1 Å². The molecule has 0 fully saturated rings. The first-order chi connectivity index (χ1) is 11.4. The number of anilines is 1. The molecule has 0 aliphatic heterocycles. The summed E-state index contributed by atoms with van der Waals surface area (Å²) in [4.78, 5) is 7.70. The van der Waals surface area contributed by atoms with E-state index in [9.17, 15) is 18.3 Å². The van der Waals surface area contributed by atoms with E-state index in [1.54, 1.807) is 0 Å². The third-order valence-electron chi connectivity index (χ3n) is 2.91. The Bertz CT molecular complexity index is 731.